The minimum Gasteiger partial charge on any atom is -0.496 e. The zero-order chi connectivity index (χ0) is 25.2. The lowest BCUT2D eigenvalue weighted by Crippen LogP contribution is -2.29. The van der Waals surface area contributed by atoms with E-state index in [0.29, 0.717) is 0 Å². The van der Waals surface area contributed by atoms with Crippen LogP contribution in [0.5, 0.6) is 5.75 Å². The van der Waals surface area contributed by atoms with Gasteiger partial charge in [0, 0.05) is 6.07 Å². The van der Waals surface area contributed by atoms with Gasteiger partial charge in [-0.15, -0.1) is 0 Å². The smallest absolute Gasteiger partial charge is 0.342 e. The number of halogens is 1. The average Bonchev–Trinajstić information content (AvgIpc) is 3.17. The molecule has 1 aliphatic rings. The summed E-state index contributed by atoms with van der Waals surface area (Å²) in [6, 6.07) is 28.0. The second kappa shape index (κ2) is 9.68. The first-order valence-corrected chi connectivity index (χ1v) is 11.5. The third-order valence-corrected chi connectivity index (χ3v) is 6.26. The summed E-state index contributed by atoms with van der Waals surface area (Å²) < 4.78 is 11.4. The Morgan fingerprint density at radius 3 is 1.78 bits per heavy atom. The van der Waals surface area contributed by atoms with Crippen molar-refractivity contribution in [2.45, 2.75) is 6.10 Å². The van der Waals surface area contributed by atoms with Gasteiger partial charge in [-0.3, -0.25) is 9.59 Å². The van der Waals surface area contributed by atoms with Crippen LogP contribution in [0.1, 0.15) is 48.3 Å². The van der Waals surface area contributed by atoms with Gasteiger partial charge in [0.25, 0.3) is 11.8 Å². The zero-order valence-electron chi connectivity index (χ0n) is 19.2. The van der Waals surface area contributed by atoms with Crippen LogP contribution < -0.4 is 9.64 Å². The summed E-state index contributed by atoms with van der Waals surface area (Å²) in [4.78, 5) is 40.3. The molecule has 1 aliphatic heterocycles. The number of imide groups is 1. The first kappa shape index (κ1) is 23.3. The molecule has 0 aromatic heterocycles. The van der Waals surface area contributed by atoms with Crippen molar-refractivity contribution < 1.29 is 23.9 Å². The molecule has 0 N–H and O–H groups in total. The van der Waals surface area contributed by atoms with E-state index in [-0.39, 0.29) is 33.1 Å². The fraction of sp³-hybridized carbons (Fsp3) is 0.0690. The molecule has 0 radical (unpaired) electrons. The van der Waals surface area contributed by atoms with Gasteiger partial charge in [-0.25, -0.2) is 9.69 Å². The van der Waals surface area contributed by atoms with Gasteiger partial charge in [-0.2, -0.15) is 0 Å². The van der Waals surface area contributed by atoms with Gasteiger partial charge in [0.1, 0.15) is 11.3 Å². The van der Waals surface area contributed by atoms with Crippen molar-refractivity contribution in [1.29, 1.82) is 0 Å². The van der Waals surface area contributed by atoms with E-state index in [4.69, 9.17) is 21.1 Å². The molecule has 1 heterocycles. The van der Waals surface area contributed by atoms with E-state index in [2.05, 4.69) is 0 Å². The molecule has 6 nitrogen and oxygen atoms in total. The summed E-state index contributed by atoms with van der Waals surface area (Å²) in [6.45, 7) is 0. The van der Waals surface area contributed by atoms with E-state index in [1.807, 2.05) is 60.7 Å². The van der Waals surface area contributed by atoms with Crippen molar-refractivity contribution in [2.24, 2.45) is 0 Å². The van der Waals surface area contributed by atoms with Gasteiger partial charge in [0.2, 0.25) is 0 Å². The predicted octanol–water partition coefficient (Wildman–Crippen LogP) is 6.10. The highest BCUT2D eigenvalue weighted by Crippen LogP contribution is 2.39. The van der Waals surface area contributed by atoms with E-state index < -0.39 is 23.9 Å². The first-order chi connectivity index (χ1) is 17.5. The van der Waals surface area contributed by atoms with Crippen LogP contribution in [0, 0.1) is 0 Å². The fourth-order valence-electron chi connectivity index (χ4n) is 4.21. The van der Waals surface area contributed by atoms with Gasteiger partial charge < -0.3 is 9.47 Å². The van der Waals surface area contributed by atoms with Gasteiger partial charge in [-0.1, -0.05) is 84.4 Å². The Balaban J connectivity index is 1.50. The van der Waals surface area contributed by atoms with Crippen LogP contribution in [-0.2, 0) is 4.74 Å². The highest BCUT2D eigenvalue weighted by Gasteiger charge is 2.38. The van der Waals surface area contributed by atoms with Gasteiger partial charge in [0.05, 0.1) is 28.9 Å². The summed E-state index contributed by atoms with van der Waals surface area (Å²) in [6.07, 6.45) is -0.667. The molecular weight excluding hydrogens is 478 g/mol. The third-order valence-electron chi connectivity index (χ3n) is 5.95. The molecular formula is C29H20ClNO5. The van der Waals surface area contributed by atoms with E-state index in [1.165, 1.54) is 19.2 Å². The predicted molar refractivity (Wildman–Crippen MR) is 136 cm³/mol. The quantitative estimate of drug-likeness (QED) is 0.238. The molecule has 0 bridgehead atoms. The number of rotatable bonds is 6. The van der Waals surface area contributed by atoms with Crippen LogP contribution in [-0.4, -0.2) is 24.9 Å². The largest absolute Gasteiger partial charge is 0.496 e. The number of benzene rings is 4. The topological polar surface area (TPSA) is 72.9 Å². The number of amides is 2. The molecule has 4 aromatic rings. The standard InChI is InChI=1S/C29H20ClNO5/c1-35-25-17-24(31-27(32)20-14-8-9-15-21(20)28(31)33)23(30)16-22(25)29(34)36-26(18-10-4-2-5-11-18)19-12-6-3-7-13-19/h2-17,26H,1H3. The van der Waals surface area contributed by atoms with Crippen LogP contribution in [0.3, 0.4) is 0 Å². The number of ether oxygens (including phenoxy) is 2. The van der Waals surface area contributed by atoms with E-state index >= 15 is 0 Å². The Hall–Kier alpha value is -4.42. The number of hydrogen-bond donors (Lipinski definition) is 0. The fourth-order valence-corrected chi connectivity index (χ4v) is 4.45. The lowest BCUT2D eigenvalue weighted by molar-refractivity contribution is 0.0374. The second-order valence-electron chi connectivity index (χ2n) is 8.10. The van der Waals surface area contributed by atoms with Crippen molar-refractivity contribution in [1.82, 2.24) is 0 Å². The molecule has 4 aromatic carbocycles. The Morgan fingerprint density at radius 1 is 0.778 bits per heavy atom. The Kier molecular flexibility index (Phi) is 6.27. The molecule has 5 rings (SSSR count). The maximum absolute atomic E-state index is 13.4. The van der Waals surface area contributed by atoms with Gasteiger partial charge >= 0.3 is 5.97 Å². The maximum Gasteiger partial charge on any atom is 0.342 e. The lowest BCUT2D eigenvalue weighted by Gasteiger charge is -2.21. The molecule has 2 amide bonds. The van der Waals surface area contributed by atoms with Crippen molar-refractivity contribution in [3.8, 4) is 5.75 Å². The SMILES string of the molecule is COc1cc(N2C(=O)c3ccccc3C2=O)c(Cl)cc1C(=O)OC(c1ccccc1)c1ccccc1. The molecule has 0 aliphatic carbocycles. The van der Waals surface area contributed by atoms with E-state index in [0.717, 1.165) is 16.0 Å². The Labute approximate surface area is 212 Å². The van der Waals surface area contributed by atoms with Crippen LogP contribution >= 0.6 is 11.6 Å². The zero-order valence-corrected chi connectivity index (χ0v) is 19.9. The van der Waals surface area contributed by atoms with Crippen molar-refractivity contribution in [3.63, 3.8) is 0 Å². The molecule has 0 spiro atoms. The highest BCUT2D eigenvalue weighted by molar-refractivity contribution is 6.40. The molecule has 0 saturated heterocycles. The molecule has 0 atom stereocenters. The Morgan fingerprint density at radius 2 is 1.28 bits per heavy atom. The number of esters is 1. The molecule has 0 saturated carbocycles. The van der Waals surface area contributed by atoms with E-state index in [1.54, 1.807) is 24.3 Å². The third kappa shape index (κ3) is 4.12. The Bertz CT molecular complexity index is 1400. The first-order valence-electron chi connectivity index (χ1n) is 11.2. The van der Waals surface area contributed by atoms with Crippen molar-refractivity contribution in [3.05, 3.63) is 130 Å². The van der Waals surface area contributed by atoms with Crippen molar-refractivity contribution in [2.75, 3.05) is 12.0 Å². The minimum atomic E-state index is -0.667. The lowest BCUT2D eigenvalue weighted by atomic mass is 10.0. The molecule has 36 heavy (non-hydrogen) atoms. The number of fused-ring (bicyclic) bond motifs is 1. The summed E-state index contributed by atoms with van der Waals surface area (Å²) in [7, 11) is 1.39. The van der Waals surface area contributed by atoms with Gasteiger partial charge in [0.15, 0.2) is 6.10 Å². The van der Waals surface area contributed by atoms with Crippen LogP contribution in [0.25, 0.3) is 0 Å². The number of anilines is 1. The van der Waals surface area contributed by atoms with E-state index in [9.17, 15) is 14.4 Å². The number of nitrogens with zero attached hydrogens (tertiary/aromatic N) is 1. The molecule has 7 heteroatoms. The monoisotopic (exact) mass is 497 g/mol. The second-order valence-corrected chi connectivity index (χ2v) is 8.51. The van der Waals surface area contributed by atoms with Crippen LogP contribution in [0.4, 0.5) is 5.69 Å². The van der Waals surface area contributed by atoms with Crippen LogP contribution in [0.15, 0.2) is 97.1 Å². The number of methoxy groups -OCH3 is 1. The molecule has 0 fully saturated rings. The number of hydrogen-bond acceptors (Lipinski definition) is 5. The minimum absolute atomic E-state index is 0.0354. The normalized spacial score (nSPS) is 12.6. The number of carbonyl (C=O) groups is 3. The van der Waals surface area contributed by atoms with Gasteiger partial charge in [-0.05, 0) is 29.3 Å². The summed E-state index contributed by atoms with van der Waals surface area (Å²) in [5, 5.41) is 0.0354. The average molecular weight is 498 g/mol. The summed E-state index contributed by atoms with van der Waals surface area (Å²) >= 11 is 6.52. The molecule has 0 unspecified atom stereocenters. The van der Waals surface area contributed by atoms with Crippen molar-refractivity contribution >= 4 is 35.1 Å². The number of carbonyl (C=O) groups excluding carboxylic acids is 3. The maximum atomic E-state index is 13.4. The molecule has 178 valence electrons. The summed E-state index contributed by atoms with van der Waals surface area (Å²) in [5.41, 5.74) is 2.36. The summed E-state index contributed by atoms with van der Waals surface area (Å²) in [5.74, 6) is -1.54. The van der Waals surface area contributed by atoms with Crippen LogP contribution in [0.2, 0.25) is 5.02 Å². The highest BCUT2D eigenvalue weighted by atomic mass is 35.5.